The van der Waals surface area contributed by atoms with Gasteiger partial charge in [-0.25, -0.2) is 0 Å². The van der Waals surface area contributed by atoms with Gasteiger partial charge in [-0.1, -0.05) is 6.07 Å². The van der Waals surface area contributed by atoms with Gasteiger partial charge in [0, 0.05) is 4.88 Å². The number of rotatable bonds is 2. The fourth-order valence-corrected chi connectivity index (χ4v) is 1.62. The van der Waals surface area contributed by atoms with Gasteiger partial charge in [0.25, 0.3) is 0 Å². The molecule has 0 saturated heterocycles. The Morgan fingerprint density at radius 2 is 1.94 bits per heavy atom. The van der Waals surface area contributed by atoms with Gasteiger partial charge in [-0.15, -0.1) is 11.3 Å². The highest BCUT2D eigenvalue weighted by Gasteiger charge is 2.07. The third kappa shape index (κ3) is 2.48. The average molecular weight is 226 g/mol. The highest BCUT2D eigenvalue weighted by molar-refractivity contribution is 7.10. The van der Waals surface area contributed by atoms with Crippen LogP contribution < -0.4 is 5.73 Å². The van der Waals surface area contributed by atoms with Crippen molar-refractivity contribution in [2.45, 2.75) is 0 Å². The van der Waals surface area contributed by atoms with E-state index in [-0.39, 0.29) is 16.8 Å². The van der Waals surface area contributed by atoms with Gasteiger partial charge in [-0.05, 0) is 17.5 Å². The average Bonchev–Trinajstić information content (AvgIpc) is 2.80. The van der Waals surface area contributed by atoms with Gasteiger partial charge in [-0.3, -0.25) is 0 Å². The fourth-order valence-electron chi connectivity index (χ4n) is 0.966. The molecule has 0 unspecified atom stereocenters. The smallest absolute Gasteiger partial charge is 0.153 e. The third-order valence-electron chi connectivity index (χ3n) is 1.73. The Balaban J connectivity index is 3.22. The summed E-state index contributed by atoms with van der Waals surface area (Å²) in [5, 5.41) is 28.0. The monoisotopic (exact) mass is 226 g/mol. The minimum Gasteiger partial charge on any atom is -0.396 e. The summed E-state index contributed by atoms with van der Waals surface area (Å²) in [6, 6.07) is 8.82. The van der Waals surface area contributed by atoms with E-state index in [0.29, 0.717) is 0 Å². The van der Waals surface area contributed by atoms with E-state index < -0.39 is 0 Å². The largest absolute Gasteiger partial charge is 0.396 e. The van der Waals surface area contributed by atoms with Crippen molar-refractivity contribution in [1.29, 1.82) is 15.8 Å². The molecule has 0 aliphatic heterocycles. The quantitative estimate of drug-likeness (QED) is 0.615. The van der Waals surface area contributed by atoms with Crippen molar-refractivity contribution < 1.29 is 0 Å². The second kappa shape index (κ2) is 5.36. The van der Waals surface area contributed by atoms with Crippen LogP contribution >= 0.6 is 11.3 Å². The van der Waals surface area contributed by atoms with E-state index in [1.807, 2.05) is 23.6 Å². The molecule has 0 aliphatic rings. The van der Waals surface area contributed by atoms with Crippen LogP contribution in [0.3, 0.4) is 0 Å². The Kier molecular flexibility index (Phi) is 3.86. The van der Waals surface area contributed by atoms with E-state index in [1.54, 1.807) is 18.2 Å². The van der Waals surface area contributed by atoms with E-state index in [1.165, 1.54) is 11.3 Å². The number of hydrogen-bond acceptors (Lipinski definition) is 5. The fraction of sp³-hybridized carbons (Fsp3) is 0. The topological polar surface area (TPSA) is 97.4 Å². The van der Waals surface area contributed by atoms with Gasteiger partial charge >= 0.3 is 0 Å². The van der Waals surface area contributed by atoms with Crippen molar-refractivity contribution >= 4 is 17.4 Å². The normalized spacial score (nSPS) is 9.69. The van der Waals surface area contributed by atoms with Crippen molar-refractivity contribution in [3.8, 4) is 18.2 Å². The lowest BCUT2D eigenvalue weighted by Crippen LogP contribution is -2.03. The van der Waals surface area contributed by atoms with E-state index >= 15 is 0 Å². The molecule has 76 valence electrons. The molecular weight excluding hydrogens is 220 g/mol. The number of nitriles is 3. The molecule has 2 N–H and O–H groups in total. The molecular formula is C11H6N4S. The second-order valence-electron chi connectivity index (χ2n) is 2.70. The number of nitrogens with two attached hydrogens (primary N) is 1. The van der Waals surface area contributed by atoms with Crippen LogP contribution in [0.15, 0.2) is 34.4 Å². The summed E-state index contributed by atoms with van der Waals surface area (Å²) >= 11 is 1.44. The summed E-state index contributed by atoms with van der Waals surface area (Å²) in [5.41, 5.74) is 5.36. The number of nitrogens with zero attached hydrogens (tertiary/aromatic N) is 3. The summed E-state index contributed by atoms with van der Waals surface area (Å²) in [7, 11) is 0. The van der Waals surface area contributed by atoms with Crippen LogP contribution in [0.4, 0.5) is 0 Å². The first-order valence-corrected chi connectivity index (χ1v) is 5.06. The zero-order valence-corrected chi connectivity index (χ0v) is 8.95. The molecule has 1 rings (SSSR count). The van der Waals surface area contributed by atoms with Crippen molar-refractivity contribution in [3.05, 3.63) is 39.2 Å². The second-order valence-corrected chi connectivity index (χ2v) is 3.68. The van der Waals surface area contributed by atoms with Gasteiger partial charge in [0.2, 0.25) is 0 Å². The summed E-state index contributed by atoms with van der Waals surface area (Å²) in [5.74, 6) is 0. The van der Waals surface area contributed by atoms with Crippen molar-refractivity contribution in [1.82, 2.24) is 0 Å². The van der Waals surface area contributed by atoms with Crippen LogP contribution in [0.2, 0.25) is 0 Å². The Morgan fingerprint density at radius 1 is 1.25 bits per heavy atom. The van der Waals surface area contributed by atoms with Gasteiger partial charge in [0.15, 0.2) is 5.57 Å². The van der Waals surface area contributed by atoms with E-state index in [2.05, 4.69) is 0 Å². The first kappa shape index (κ1) is 11.5. The summed E-state index contributed by atoms with van der Waals surface area (Å²) in [6.45, 7) is 0. The van der Waals surface area contributed by atoms with Crippen molar-refractivity contribution in [2.75, 3.05) is 0 Å². The zero-order chi connectivity index (χ0) is 12.0. The molecule has 0 aliphatic carbocycles. The molecule has 5 heteroatoms. The minimum atomic E-state index is -0.246. The highest BCUT2D eigenvalue weighted by atomic mass is 32.1. The predicted octanol–water partition coefficient (Wildman–Crippen LogP) is 1.92. The predicted molar refractivity (Wildman–Crippen MR) is 60.3 cm³/mol. The maximum Gasteiger partial charge on any atom is 0.153 e. The number of allylic oxidation sites excluding steroid dienone is 2. The van der Waals surface area contributed by atoms with Crippen LogP contribution in [-0.2, 0) is 0 Å². The van der Waals surface area contributed by atoms with E-state index in [9.17, 15) is 0 Å². The Morgan fingerprint density at radius 3 is 2.38 bits per heavy atom. The van der Waals surface area contributed by atoms with Crippen molar-refractivity contribution in [2.24, 2.45) is 5.73 Å². The lowest BCUT2D eigenvalue weighted by Gasteiger charge is -1.97. The third-order valence-corrected chi connectivity index (χ3v) is 2.55. The van der Waals surface area contributed by atoms with Gasteiger partial charge in [0.1, 0.15) is 18.2 Å². The van der Waals surface area contributed by atoms with E-state index in [4.69, 9.17) is 21.5 Å². The summed E-state index contributed by atoms with van der Waals surface area (Å²) in [4.78, 5) is 0.842. The van der Waals surface area contributed by atoms with Gasteiger partial charge in [0.05, 0.1) is 11.3 Å². The molecule has 1 aromatic heterocycles. The molecule has 1 heterocycles. The molecule has 0 fully saturated rings. The zero-order valence-electron chi connectivity index (χ0n) is 8.14. The lowest BCUT2D eigenvalue weighted by molar-refractivity contribution is 1.31. The molecule has 0 atom stereocenters. The molecule has 0 saturated carbocycles. The molecule has 1 aromatic rings. The Labute approximate surface area is 96.8 Å². The van der Waals surface area contributed by atoms with E-state index in [0.717, 1.165) is 4.88 Å². The van der Waals surface area contributed by atoms with Crippen LogP contribution in [0.1, 0.15) is 4.88 Å². The van der Waals surface area contributed by atoms with Crippen molar-refractivity contribution in [3.63, 3.8) is 0 Å². The number of hydrogen-bond donors (Lipinski definition) is 1. The summed E-state index contributed by atoms with van der Waals surface area (Å²) < 4.78 is 0. The van der Waals surface area contributed by atoms with Crippen LogP contribution in [0.5, 0.6) is 0 Å². The lowest BCUT2D eigenvalue weighted by atomic mass is 10.1. The molecule has 16 heavy (non-hydrogen) atoms. The molecule has 0 bridgehead atoms. The molecule has 0 aromatic carbocycles. The number of thiophene rings is 1. The molecule has 0 amide bonds. The van der Waals surface area contributed by atoms with Gasteiger partial charge < -0.3 is 5.73 Å². The molecule has 0 radical (unpaired) electrons. The van der Waals surface area contributed by atoms with Crippen LogP contribution in [0, 0.1) is 34.0 Å². The molecule has 0 spiro atoms. The Hall–Kier alpha value is -2.55. The SMILES string of the molecule is N#CC(=Cc1cccs1)C(N)=C(C#N)C#N. The summed E-state index contributed by atoms with van der Waals surface area (Å²) in [6.07, 6.45) is 1.55. The maximum atomic E-state index is 8.89. The first-order chi connectivity index (χ1) is 7.72. The van der Waals surface area contributed by atoms with Crippen LogP contribution in [-0.4, -0.2) is 0 Å². The van der Waals surface area contributed by atoms with Gasteiger partial charge in [-0.2, -0.15) is 15.8 Å². The maximum absolute atomic E-state index is 8.89. The highest BCUT2D eigenvalue weighted by Crippen LogP contribution is 2.17. The Bertz CT molecular complexity index is 543. The molecule has 4 nitrogen and oxygen atoms in total. The first-order valence-electron chi connectivity index (χ1n) is 4.18. The standard InChI is InChI=1S/C11H6N4S/c12-5-8(4-10-2-1-3-16-10)11(15)9(6-13)7-14/h1-4H,15H2. The minimum absolute atomic E-state index is 0.0825. The van der Waals surface area contributed by atoms with Crippen LogP contribution in [0.25, 0.3) is 6.08 Å².